The van der Waals surface area contributed by atoms with E-state index in [1.165, 1.54) is 12.1 Å². The molecule has 1 aromatic heterocycles. The fraction of sp³-hybridized carbons (Fsp3) is 0.400. The van der Waals surface area contributed by atoms with Gasteiger partial charge in [-0.3, -0.25) is 10.1 Å². The number of nitro benzene ring substituents is 1. The van der Waals surface area contributed by atoms with Crippen LogP contribution in [0.1, 0.15) is 19.8 Å². The van der Waals surface area contributed by atoms with E-state index >= 15 is 0 Å². The van der Waals surface area contributed by atoms with Gasteiger partial charge < -0.3 is 10.0 Å². The molecule has 1 aromatic carbocycles. The predicted molar refractivity (Wildman–Crippen MR) is 82.6 cm³/mol. The van der Waals surface area contributed by atoms with E-state index in [0.717, 1.165) is 36.1 Å². The number of aromatic nitrogens is 1. The van der Waals surface area contributed by atoms with Gasteiger partial charge >= 0.3 is 0 Å². The molecule has 21 heavy (non-hydrogen) atoms. The quantitative estimate of drug-likeness (QED) is 0.626. The van der Waals surface area contributed by atoms with Crippen molar-refractivity contribution in [3.8, 4) is 0 Å². The molecule has 0 fully saturated rings. The molecular weight excluding hydrogens is 270 g/mol. The molecule has 0 bridgehead atoms. The largest absolute Gasteiger partial charge is 0.395 e. The van der Waals surface area contributed by atoms with Gasteiger partial charge in [0.15, 0.2) is 0 Å². The van der Waals surface area contributed by atoms with Crippen LogP contribution in [0.15, 0.2) is 30.3 Å². The van der Waals surface area contributed by atoms with Crippen LogP contribution < -0.4 is 4.90 Å². The van der Waals surface area contributed by atoms with E-state index in [9.17, 15) is 10.1 Å². The second-order valence-electron chi connectivity index (χ2n) is 4.87. The lowest BCUT2D eigenvalue weighted by atomic mass is 10.2. The first-order chi connectivity index (χ1) is 10.2. The molecule has 0 aliphatic rings. The normalized spacial score (nSPS) is 10.8. The zero-order chi connectivity index (χ0) is 15.2. The lowest BCUT2D eigenvalue weighted by molar-refractivity contribution is -0.384. The first-order valence-electron chi connectivity index (χ1n) is 7.06. The van der Waals surface area contributed by atoms with E-state index in [4.69, 9.17) is 5.11 Å². The molecule has 0 unspecified atom stereocenters. The third kappa shape index (κ3) is 3.66. The summed E-state index contributed by atoms with van der Waals surface area (Å²) in [6, 6.07) is 8.32. The maximum absolute atomic E-state index is 10.8. The minimum atomic E-state index is -0.410. The first kappa shape index (κ1) is 15.2. The van der Waals surface area contributed by atoms with Crippen molar-refractivity contribution in [2.24, 2.45) is 0 Å². The van der Waals surface area contributed by atoms with Crippen molar-refractivity contribution in [1.29, 1.82) is 0 Å². The summed E-state index contributed by atoms with van der Waals surface area (Å²) in [6.07, 6.45) is 2.10. The molecular formula is C15H19N3O3. The van der Waals surface area contributed by atoms with Crippen molar-refractivity contribution in [1.82, 2.24) is 4.98 Å². The van der Waals surface area contributed by atoms with Gasteiger partial charge in [-0.1, -0.05) is 13.3 Å². The molecule has 1 heterocycles. The third-order valence-electron chi connectivity index (χ3n) is 3.34. The Morgan fingerprint density at radius 3 is 2.76 bits per heavy atom. The molecule has 0 spiro atoms. The molecule has 0 atom stereocenters. The van der Waals surface area contributed by atoms with Crippen LogP contribution in [0.2, 0.25) is 0 Å². The van der Waals surface area contributed by atoms with Crippen molar-refractivity contribution in [2.75, 3.05) is 24.6 Å². The van der Waals surface area contributed by atoms with Gasteiger partial charge in [-0.05, 0) is 24.6 Å². The van der Waals surface area contributed by atoms with Gasteiger partial charge in [0.05, 0.1) is 17.0 Å². The second-order valence-corrected chi connectivity index (χ2v) is 4.87. The number of hydrogen-bond donors (Lipinski definition) is 1. The average molecular weight is 289 g/mol. The van der Waals surface area contributed by atoms with E-state index < -0.39 is 4.92 Å². The van der Waals surface area contributed by atoms with Gasteiger partial charge in [0, 0.05) is 30.6 Å². The molecule has 0 radical (unpaired) electrons. The number of benzene rings is 1. The van der Waals surface area contributed by atoms with Gasteiger partial charge in [-0.25, -0.2) is 4.98 Å². The molecule has 6 heteroatoms. The second kappa shape index (κ2) is 6.99. The van der Waals surface area contributed by atoms with Crippen molar-refractivity contribution in [2.45, 2.75) is 19.8 Å². The molecule has 0 aliphatic heterocycles. The molecule has 0 saturated heterocycles. The van der Waals surface area contributed by atoms with E-state index in [0.29, 0.717) is 6.54 Å². The van der Waals surface area contributed by atoms with Gasteiger partial charge in [0.2, 0.25) is 0 Å². The van der Waals surface area contributed by atoms with E-state index in [1.807, 2.05) is 17.0 Å². The summed E-state index contributed by atoms with van der Waals surface area (Å²) < 4.78 is 0. The Kier molecular flexibility index (Phi) is 5.05. The summed E-state index contributed by atoms with van der Waals surface area (Å²) in [7, 11) is 0. The zero-order valence-electron chi connectivity index (χ0n) is 12.0. The Morgan fingerprint density at radius 1 is 1.29 bits per heavy atom. The number of aliphatic hydroxyl groups is 1. The Balaban J connectivity index is 2.32. The molecule has 112 valence electrons. The molecule has 6 nitrogen and oxygen atoms in total. The highest BCUT2D eigenvalue weighted by Gasteiger charge is 2.10. The van der Waals surface area contributed by atoms with Crippen LogP contribution in [0.4, 0.5) is 11.5 Å². The zero-order valence-corrected chi connectivity index (χ0v) is 12.0. The number of nitro groups is 1. The molecule has 0 saturated carbocycles. The van der Waals surface area contributed by atoms with E-state index in [2.05, 4.69) is 11.9 Å². The number of hydrogen-bond acceptors (Lipinski definition) is 5. The van der Waals surface area contributed by atoms with Crippen LogP contribution in [0.5, 0.6) is 0 Å². The smallest absolute Gasteiger partial charge is 0.270 e. The highest BCUT2D eigenvalue weighted by molar-refractivity contribution is 5.82. The fourth-order valence-corrected chi connectivity index (χ4v) is 2.20. The lowest BCUT2D eigenvalue weighted by Gasteiger charge is -2.22. The lowest BCUT2D eigenvalue weighted by Crippen LogP contribution is -2.28. The van der Waals surface area contributed by atoms with E-state index in [-0.39, 0.29) is 12.3 Å². The highest BCUT2D eigenvalue weighted by Crippen LogP contribution is 2.22. The summed E-state index contributed by atoms with van der Waals surface area (Å²) >= 11 is 0. The van der Waals surface area contributed by atoms with Crippen molar-refractivity contribution in [3.63, 3.8) is 0 Å². The predicted octanol–water partition coefficient (Wildman–Crippen LogP) is 2.74. The van der Waals surface area contributed by atoms with Gasteiger partial charge in [0.25, 0.3) is 5.69 Å². The number of aliphatic hydroxyl groups excluding tert-OH is 1. The first-order valence-corrected chi connectivity index (χ1v) is 7.06. The maximum atomic E-state index is 10.8. The topological polar surface area (TPSA) is 79.5 Å². The van der Waals surface area contributed by atoms with Crippen LogP contribution in [-0.2, 0) is 0 Å². The minimum Gasteiger partial charge on any atom is -0.395 e. The maximum Gasteiger partial charge on any atom is 0.270 e. The van der Waals surface area contributed by atoms with Gasteiger partial charge in [-0.15, -0.1) is 0 Å². The number of fused-ring (bicyclic) bond motifs is 1. The van der Waals surface area contributed by atoms with E-state index in [1.54, 1.807) is 6.07 Å². The number of pyridine rings is 1. The molecule has 0 amide bonds. The number of rotatable bonds is 7. The molecule has 1 N–H and O–H groups in total. The monoisotopic (exact) mass is 289 g/mol. The number of anilines is 1. The van der Waals surface area contributed by atoms with Crippen LogP contribution in [0, 0.1) is 10.1 Å². The summed E-state index contributed by atoms with van der Waals surface area (Å²) in [5, 5.41) is 20.7. The molecule has 0 aliphatic carbocycles. The number of non-ortho nitro benzene ring substituents is 1. The van der Waals surface area contributed by atoms with Gasteiger partial charge in [0.1, 0.15) is 5.82 Å². The molecule has 2 aromatic rings. The summed E-state index contributed by atoms with van der Waals surface area (Å²) in [4.78, 5) is 16.9. The summed E-state index contributed by atoms with van der Waals surface area (Å²) in [5.74, 6) is 0.791. The van der Waals surface area contributed by atoms with Gasteiger partial charge in [-0.2, -0.15) is 0 Å². The summed E-state index contributed by atoms with van der Waals surface area (Å²) in [6.45, 7) is 3.56. The van der Waals surface area contributed by atoms with Crippen molar-refractivity contribution >= 4 is 22.4 Å². The van der Waals surface area contributed by atoms with Crippen LogP contribution >= 0.6 is 0 Å². The SMILES string of the molecule is CCCCN(CCO)c1ccc2cc([N+](=O)[O-])ccc2n1. The number of unbranched alkanes of at least 4 members (excludes halogenated alkanes) is 1. The standard InChI is InChI=1S/C15H19N3O3/c1-2-3-8-17(9-10-19)15-7-4-12-11-13(18(20)21)5-6-14(12)16-15/h4-7,11,19H,2-3,8-10H2,1H3. The minimum absolute atomic E-state index is 0.0650. The summed E-state index contributed by atoms with van der Waals surface area (Å²) in [5.41, 5.74) is 0.785. The molecule has 2 rings (SSSR count). The Labute approximate surface area is 123 Å². The Hall–Kier alpha value is -2.21. The number of nitrogens with zero attached hydrogens (tertiary/aromatic N) is 3. The average Bonchev–Trinajstić information content (AvgIpc) is 2.50. The van der Waals surface area contributed by atoms with Crippen molar-refractivity contribution < 1.29 is 10.0 Å². The van der Waals surface area contributed by atoms with Crippen LogP contribution in [0.25, 0.3) is 10.9 Å². The Morgan fingerprint density at radius 2 is 2.10 bits per heavy atom. The van der Waals surface area contributed by atoms with Crippen LogP contribution in [0.3, 0.4) is 0 Å². The fourth-order valence-electron chi connectivity index (χ4n) is 2.20. The van der Waals surface area contributed by atoms with Crippen molar-refractivity contribution in [3.05, 3.63) is 40.4 Å². The third-order valence-corrected chi connectivity index (χ3v) is 3.34. The Bertz CT molecular complexity index is 631. The highest BCUT2D eigenvalue weighted by atomic mass is 16.6. The van der Waals surface area contributed by atoms with Crippen LogP contribution in [-0.4, -0.2) is 34.7 Å².